The fourth-order valence-electron chi connectivity index (χ4n) is 3.71. The number of H-pyrrole nitrogens is 1. The minimum absolute atomic E-state index is 0.120. The highest BCUT2D eigenvalue weighted by Crippen LogP contribution is 2.28. The maximum absolute atomic E-state index is 12.9. The van der Waals surface area contributed by atoms with Crippen molar-refractivity contribution in [2.45, 2.75) is 40.0 Å². The number of likely N-dealkylation sites (N-methyl/N-ethyl adjacent to an activating group) is 1. The normalized spacial score (nSPS) is 13.5. The van der Waals surface area contributed by atoms with Gasteiger partial charge in [0.2, 0.25) is 0 Å². The molecule has 2 aromatic rings. The molecule has 150 valence electrons. The largest absolute Gasteiger partial charge is 0.490 e. The number of Topliss-reactive ketones (excluding diaryl/α,β-unsaturated/α-hetero) is 1. The number of hydrogen-bond acceptors (Lipinski definition) is 4. The van der Waals surface area contributed by atoms with Gasteiger partial charge in [0, 0.05) is 24.2 Å². The topological polar surface area (TPSA) is 74.4 Å². The standard InChI is InChI=1S/C22H29N3O3/c1-4-25(5-2)13-14-28-19-12-7-6-9-16(19)24-22(27)21-15(3)20-17(23-21)10-8-11-18(20)26/h6-7,9,12,23H,4-5,8,10-11,13-14H2,1-3H3,(H,24,27). The molecule has 0 atom stereocenters. The molecule has 1 aliphatic rings. The molecule has 1 amide bonds. The molecule has 1 aliphatic carbocycles. The second kappa shape index (κ2) is 9.06. The molecule has 0 saturated carbocycles. The van der Waals surface area contributed by atoms with Gasteiger partial charge >= 0.3 is 0 Å². The van der Waals surface area contributed by atoms with Gasteiger partial charge in [-0.25, -0.2) is 0 Å². The molecule has 0 bridgehead atoms. The third-order valence-corrected chi connectivity index (χ3v) is 5.36. The molecule has 1 aromatic carbocycles. The van der Waals surface area contributed by atoms with Gasteiger partial charge in [-0.1, -0.05) is 26.0 Å². The van der Waals surface area contributed by atoms with Gasteiger partial charge in [-0.2, -0.15) is 0 Å². The Kier molecular flexibility index (Phi) is 6.52. The highest BCUT2D eigenvalue weighted by Gasteiger charge is 2.26. The summed E-state index contributed by atoms with van der Waals surface area (Å²) in [6.07, 6.45) is 2.19. The number of nitrogens with one attached hydrogen (secondary N) is 2. The zero-order valence-corrected chi connectivity index (χ0v) is 16.9. The van der Waals surface area contributed by atoms with E-state index in [1.54, 1.807) is 0 Å². The van der Waals surface area contributed by atoms with E-state index in [1.807, 2.05) is 31.2 Å². The van der Waals surface area contributed by atoms with Crippen molar-refractivity contribution in [1.82, 2.24) is 9.88 Å². The number of ether oxygens (including phenoxy) is 1. The zero-order valence-electron chi connectivity index (χ0n) is 16.9. The molecule has 1 aromatic heterocycles. The van der Waals surface area contributed by atoms with E-state index in [2.05, 4.69) is 29.0 Å². The average molecular weight is 383 g/mol. The molecule has 1 heterocycles. The third kappa shape index (κ3) is 4.28. The molecule has 0 saturated heterocycles. The fraction of sp³-hybridized carbons (Fsp3) is 0.455. The molecule has 0 spiro atoms. The molecular weight excluding hydrogens is 354 g/mol. The van der Waals surface area contributed by atoms with Crippen LogP contribution in [0.3, 0.4) is 0 Å². The molecule has 6 heteroatoms. The zero-order chi connectivity index (χ0) is 20.1. The molecule has 0 unspecified atom stereocenters. The van der Waals surface area contributed by atoms with Crippen LogP contribution >= 0.6 is 0 Å². The summed E-state index contributed by atoms with van der Waals surface area (Å²) in [5, 5.41) is 2.94. The first kappa shape index (κ1) is 20.1. The van der Waals surface area contributed by atoms with Gasteiger partial charge in [-0.15, -0.1) is 0 Å². The van der Waals surface area contributed by atoms with E-state index in [4.69, 9.17) is 4.74 Å². The van der Waals surface area contributed by atoms with Gasteiger partial charge in [0.05, 0.1) is 5.69 Å². The second-order valence-corrected chi connectivity index (χ2v) is 7.08. The lowest BCUT2D eigenvalue weighted by Crippen LogP contribution is -2.28. The quantitative estimate of drug-likeness (QED) is 0.727. The maximum Gasteiger partial charge on any atom is 0.272 e. The van der Waals surface area contributed by atoms with Crippen molar-refractivity contribution in [2.24, 2.45) is 0 Å². The van der Waals surface area contributed by atoms with Gasteiger partial charge in [0.1, 0.15) is 18.1 Å². The van der Waals surface area contributed by atoms with Gasteiger partial charge < -0.3 is 19.9 Å². The molecule has 0 radical (unpaired) electrons. The van der Waals surface area contributed by atoms with Crippen molar-refractivity contribution in [2.75, 3.05) is 31.6 Å². The Morgan fingerprint density at radius 3 is 2.68 bits per heavy atom. The van der Waals surface area contributed by atoms with Crippen molar-refractivity contribution in [3.63, 3.8) is 0 Å². The van der Waals surface area contributed by atoms with Crippen LogP contribution < -0.4 is 10.1 Å². The number of carbonyl (C=O) groups excluding carboxylic acids is 2. The Morgan fingerprint density at radius 2 is 1.96 bits per heavy atom. The summed E-state index contributed by atoms with van der Waals surface area (Å²) >= 11 is 0. The van der Waals surface area contributed by atoms with Crippen molar-refractivity contribution >= 4 is 17.4 Å². The number of aryl methyl sites for hydroxylation is 1. The van der Waals surface area contributed by atoms with Crippen LogP contribution in [0.5, 0.6) is 5.75 Å². The van der Waals surface area contributed by atoms with E-state index in [0.29, 0.717) is 35.7 Å². The van der Waals surface area contributed by atoms with Crippen LogP contribution in [0.2, 0.25) is 0 Å². The Hall–Kier alpha value is -2.60. The first-order valence-electron chi connectivity index (χ1n) is 10.0. The predicted molar refractivity (Wildman–Crippen MR) is 110 cm³/mol. The Labute approximate surface area is 166 Å². The number of aromatic nitrogens is 1. The van der Waals surface area contributed by atoms with Crippen LogP contribution in [0, 0.1) is 6.92 Å². The number of para-hydroxylation sites is 2. The highest BCUT2D eigenvalue weighted by molar-refractivity contribution is 6.08. The van der Waals surface area contributed by atoms with Crippen molar-refractivity contribution in [3.8, 4) is 5.75 Å². The van der Waals surface area contributed by atoms with Crippen molar-refractivity contribution in [3.05, 3.63) is 46.8 Å². The molecule has 0 aliphatic heterocycles. The Balaban J connectivity index is 1.72. The van der Waals surface area contributed by atoms with Gasteiger partial charge in [-0.05, 0) is 50.6 Å². The van der Waals surface area contributed by atoms with E-state index in [-0.39, 0.29) is 11.7 Å². The van der Waals surface area contributed by atoms with Crippen LogP contribution in [-0.4, -0.2) is 47.8 Å². The molecule has 0 fully saturated rings. The van der Waals surface area contributed by atoms with Crippen LogP contribution in [0.25, 0.3) is 0 Å². The Morgan fingerprint density at radius 1 is 1.21 bits per heavy atom. The number of aromatic amines is 1. The van der Waals surface area contributed by atoms with E-state index >= 15 is 0 Å². The second-order valence-electron chi connectivity index (χ2n) is 7.08. The van der Waals surface area contributed by atoms with Crippen LogP contribution in [0.1, 0.15) is 58.8 Å². The van der Waals surface area contributed by atoms with Crippen LogP contribution in [-0.2, 0) is 6.42 Å². The number of amides is 1. The van der Waals surface area contributed by atoms with Crippen molar-refractivity contribution in [1.29, 1.82) is 0 Å². The number of anilines is 1. The lowest BCUT2D eigenvalue weighted by molar-refractivity contribution is 0.0971. The van der Waals surface area contributed by atoms with Gasteiger partial charge in [0.15, 0.2) is 5.78 Å². The van der Waals surface area contributed by atoms with Gasteiger partial charge in [-0.3, -0.25) is 9.59 Å². The lowest BCUT2D eigenvalue weighted by atomic mass is 9.94. The number of hydrogen-bond donors (Lipinski definition) is 2. The summed E-state index contributed by atoms with van der Waals surface area (Å²) in [7, 11) is 0. The average Bonchev–Trinajstić information content (AvgIpc) is 3.04. The third-order valence-electron chi connectivity index (χ3n) is 5.36. The molecule has 2 N–H and O–H groups in total. The summed E-state index contributed by atoms with van der Waals surface area (Å²) in [6, 6.07) is 7.44. The van der Waals surface area contributed by atoms with E-state index < -0.39 is 0 Å². The summed E-state index contributed by atoms with van der Waals surface area (Å²) in [4.78, 5) is 30.5. The summed E-state index contributed by atoms with van der Waals surface area (Å²) < 4.78 is 5.92. The molecule has 28 heavy (non-hydrogen) atoms. The minimum Gasteiger partial charge on any atom is -0.490 e. The Bertz CT molecular complexity index is 853. The van der Waals surface area contributed by atoms with Crippen molar-refractivity contribution < 1.29 is 14.3 Å². The number of ketones is 1. The van der Waals surface area contributed by atoms with Crippen LogP contribution in [0.4, 0.5) is 5.69 Å². The van der Waals surface area contributed by atoms with E-state index in [9.17, 15) is 9.59 Å². The smallest absolute Gasteiger partial charge is 0.272 e. The van der Waals surface area contributed by atoms with Crippen LogP contribution in [0.15, 0.2) is 24.3 Å². The summed E-state index contributed by atoms with van der Waals surface area (Å²) in [5.74, 6) is 0.515. The first-order chi connectivity index (χ1) is 13.5. The highest BCUT2D eigenvalue weighted by atomic mass is 16.5. The van der Waals surface area contributed by atoms with E-state index in [0.717, 1.165) is 43.7 Å². The van der Waals surface area contributed by atoms with E-state index in [1.165, 1.54) is 0 Å². The number of carbonyl (C=O) groups is 2. The first-order valence-corrected chi connectivity index (χ1v) is 10.0. The monoisotopic (exact) mass is 383 g/mol. The number of benzene rings is 1. The summed E-state index contributed by atoms with van der Waals surface area (Å²) in [5.41, 5.74) is 3.39. The maximum atomic E-state index is 12.9. The fourth-order valence-corrected chi connectivity index (χ4v) is 3.71. The number of rotatable bonds is 8. The molecule has 3 rings (SSSR count). The number of fused-ring (bicyclic) bond motifs is 1. The molecule has 6 nitrogen and oxygen atoms in total. The molecular formula is C22H29N3O3. The SMILES string of the molecule is CCN(CC)CCOc1ccccc1NC(=O)c1[nH]c2c(c1C)C(=O)CCC2. The predicted octanol–water partition coefficient (Wildman–Crippen LogP) is 3.82. The van der Waals surface area contributed by atoms with Gasteiger partial charge in [0.25, 0.3) is 5.91 Å². The lowest BCUT2D eigenvalue weighted by Gasteiger charge is -2.19. The number of nitrogens with zero attached hydrogens (tertiary/aromatic N) is 1. The minimum atomic E-state index is -0.250. The summed E-state index contributed by atoms with van der Waals surface area (Å²) in [6.45, 7) is 9.43.